The van der Waals surface area contributed by atoms with Gasteiger partial charge in [-0.2, -0.15) is 0 Å². The number of carbonyl (C=O) groups excluding carboxylic acids is 2. The minimum atomic E-state index is -1.16. The van der Waals surface area contributed by atoms with E-state index in [1.54, 1.807) is 30.6 Å². The van der Waals surface area contributed by atoms with E-state index in [2.05, 4.69) is 20.6 Å². The van der Waals surface area contributed by atoms with Crippen molar-refractivity contribution in [2.45, 2.75) is 69.6 Å². The van der Waals surface area contributed by atoms with Crippen molar-refractivity contribution in [1.82, 2.24) is 20.6 Å². The first-order chi connectivity index (χ1) is 19.6. The third kappa shape index (κ3) is 7.12. The van der Waals surface area contributed by atoms with Gasteiger partial charge in [0.25, 0.3) is 5.91 Å². The number of aliphatic hydroxyl groups is 1. The zero-order chi connectivity index (χ0) is 27.7. The van der Waals surface area contributed by atoms with Crippen LogP contribution in [0.3, 0.4) is 0 Å². The molecule has 3 atom stereocenters. The molecule has 2 amide bonds. The van der Waals surface area contributed by atoms with E-state index < -0.39 is 18.2 Å². The van der Waals surface area contributed by atoms with E-state index in [1.165, 1.54) is 6.42 Å². The third-order valence-corrected chi connectivity index (χ3v) is 7.72. The first-order valence-electron chi connectivity index (χ1n) is 14.2. The molecule has 8 nitrogen and oxygen atoms in total. The highest BCUT2D eigenvalue weighted by atomic mass is 16.4. The molecule has 1 aliphatic rings. The number of aliphatic hydroxyl groups excluding tert-OH is 1. The lowest BCUT2D eigenvalue weighted by Crippen LogP contribution is -2.52. The third-order valence-electron chi connectivity index (χ3n) is 7.72. The number of pyridine rings is 1. The van der Waals surface area contributed by atoms with Gasteiger partial charge in [0.2, 0.25) is 11.8 Å². The summed E-state index contributed by atoms with van der Waals surface area (Å²) in [6.07, 6.45) is 9.15. The Balaban J connectivity index is 1.36. The number of hydrogen-bond acceptors (Lipinski definition) is 6. The lowest BCUT2D eigenvalue weighted by atomic mass is 9.84. The number of para-hydroxylation sites is 2. The number of carbonyl (C=O) groups is 2. The molecule has 0 saturated heterocycles. The predicted molar refractivity (Wildman–Crippen MR) is 152 cm³/mol. The van der Waals surface area contributed by atoms with Gasteiger partial charge in [-0.25, -0.2) is 4.98 Å². The Morgan fingerprint density at radius 1 is 0.925 bits per heavy atom. The number of oxazole rings is 1. The monoisotopic (exact) mass is 540 g/mol. The van der Waals surface area contributed by atoms with Gasteiger partial charge in [-0.05, 0) is 55.0 Å². The summed E-state index contributed by atoms with van der Waals surface area (Å²) in [6.45, 7) is 0. The summed E-state index contributed by atoms with van der Waals surface area (Å²) in [7, 11) is 0. The van der Waals surface area contributed by atoms with Gasteiger partial charge in [0, 0.05) is 18.0 Å². The molecule has 8 heteroatoms. The van der Waals surface area contributed by atoms with Crippen molar-refractivity contribution in [2.75, 3.05) is 0 Å². The maximum Gasteiger partial charge on any atom is 0.252 e. The summed E-state index contributed by atoms with van der Waals surface area (Å²) in [5, 5.41) is 17.4. The Bertz CT molecular complexity index is 1350. The molecule has 0 bridgehead atoms. The molecule has 1 unspecified atom stereocenters. The fourth-order valence-corrected chi connectivity index (χ4v) is 5.48. The van der Waals surface area contributed by atoms with E-state index in [0.29, 0.717) is 41.8 Å². The molecular formula is C32H36N4O4. The van der Waals surface area contributed by atoms with Crippen molar-refractivity contribution in [3.05, 3.63) is 96.1 Å². The summed E-state index contributed by atoms with van der Waals surface area (Å²) in [6, 6.07) is 19.1. The summed E-state index contributed by atoms with van der Waals surface area (Å²) in [4.78, 5) is 35.3. The Labute approximate surface area is 234 Å². The first-order valence-corrected chi connectivity index (χ1v) is 14.2. The molecule has 1 saturated carbocycles. The van der Waals surface area contributed by atoms with Gasteiger partial charge in [0.15, 0.2) is 11.7 Å². The van der Waals surface area contributed by atoms with E-state index >= 15 is 0 Å². The largest absolute Gasteiger partial charge is 0.438 e. The molecule has 1 aliphatic carbocycles. The van der Waals surface area contributed by atoms with Crippen molar-refractivity contribution in [1.29, 1.82) is 0 Å². The molecule has 0 aliphatic heterocycles. The zero-order valence-electron chi connectivity index (χ0n) is 22.5. The zero-order valence-corrected chi connectivity index (χ0v) is 22.5. The van der Waals surface area contributed by atoms with Crippen LogP contribution in [0.25, 0.3) is 11.1 Å². The van der Waals surface area contributed by atoms with Crippen molar-refractivity contribution in [3.8, 4) is 0 Å². The van der Waals surface area contributed by atoms with Crippen molar-refractivity contribution in [2.24, 2.45) is 5.92 Å². The molecule has 2 aromatic heterocycles. The summed E-state index contributed by atoms with van der Waals surface area (Å²) in [5.74, 6) is -0.129. The van der Waals surface area contributed by atoms with Gasteiger partial charge >= 0.3 is 0 Å². The number of amides is 2. The minimum absolute atomic E-state index is 0.157. The highest BCUT2D eigenvalue weighted by molar-refractivity contribution is 5.97. The molecule has 208 valence electrons. The minimum Gasteiger partial charge on any atom is -0.438 e. The molecule has 2 heterocycles. The standard InChI is InChI=1S/C32H36N4O4/c37-29(32-36-25-13-7-8-14-28(25)40-32)26(16-15-22-9-3-1-4-10-22)34-31(39)27(21-23-11-5-2-6-12-23)35-30(38)24-17-19-33-20-18-24/h1,3-4,7-10,13-14,17-20,23,26-27,29,37H,2,5-6,11-12,15-16,21H2,(H,34,39)(H,35,38)/t26-,27-,29?/m0/s1. The number of fused-ring (bicyclic) bond motifs is 1. The van der Waals surface area contributed by atoms with Crippen LogP contribution in [0.5, 0.6) is 0 Å². The number of nitrogens with one attached hydrogen (secondary N) is 2. The number of aromatic nitrogens is 2. The second-order valence-corrected chi connectivity index (χ2v) is 10.6. The van der Waals surface area contributed by atoms with Crippen LogP contribution < -0.4 is 10.6 Å². The van der Waals surface area contributed by atoms with E-state index in [1.807, 2.05) is 48.5 Å². The average molecular weight is 541 g/mol. The van der Waals surface area contributed by atoms with Gasteiger partial charge in [0.05, 0.1) is 6.04 Å². The van der Waals surface area contributed by atoms with Crippen LogP contribution >= 0.6 is 0 Å². The number of hydrogen-bond donors (Lipinski definition) is 3. The second-order valence-electron chi connectivity index (χ2n) is 10.6. The van der Waals surface area contributed by atoms with E-state index in [0.717, 1.165) is 31.2 Å². The van der Waals surface area contributed by atoms with Gasteiger partial charge < -0.3 is 20.2 Å². The van der Waals surface area contributed by atoms with Gasteiger partial charge in [-0.15, -0.1) is 0 Å². The van der Waals surface area contributed by atoms with Crippen LogP contribution in [-0.2, 0) is 11.2 Å². The highest BCUT2D eigenvalue weighted by Crippen LogP contribution is 2.28. The van der Waals surface area contributed by atoms with Crippen LogP contribution in [0, 0.1) is 5.92 Å². The lowest BCUT2D eigenvalue weighted by molar-refractivity contribution is -0.125. The number of rotatable bonds is 11. The second kappa shape index (κ2) is 13.3. The fraction of sp³-hybridized carbons (Fsp3) is 0.375. The molecule has 0 spiro atoms. The lowest BCUT2D eigenvalue weighted by Gasteiger charge is -2.29. The predicted octanol–water partition coefficient (Wildman–Crippen LogP) is 5.14. The maximum atomic E-state index is 13.8. The normalized spacial score (nSPS) is 16.2. The maximum absolute atomic E-state index is 13.8. The fourth-order valence-electron chi connectivity index (χ4n) is 5.48. The molecule has 2 aromatic carbocycles. The summed E-state index contributed by atoms with van der Waals surface area (Å²) >= 11 is 0. The molecule has 3 N–H and O–H groups in total. The number of nitrogens with zero attached hydrogens (tertiary/aromatic N) is 2. The first kappa shape index (κ1) is 27.5. The van der Waals surface area contributed by atoms with E-state index in [9.17, 15) is 14.7 Å². The molecule has 40 heavy (non-hydrogen) atoms. The van der Waals surface area contributed by atoms with Crippen LogP contribution in [0.2, 0.25) is 0 Å². The van der Waals surface area contributed by atoms with Gasteiger partial charge in [-0.3, -0.25) is 14.6 Å². The smallest absolute Gasteiger partial charge is 0.252 e. The molecule has 4 aromatic rings. The van der Waals surface area contributed by atoms with Crippen LogP contribution in [-0.4, -0.2) is 39.0 Å². The van der Waals surface area contributed by atoms with Crippen LogP contribution in [0.15, 0.2) is 83.5 Å². The number of aryl methyl sites for hydroxylation is 1. The van der Waals surface area contributed by atoms with Crippen LogP contribution in [0.1, 0.15) is 72.9 Å². The van der Waals surface area contributed by atoms with Crippen molar-refractivity contribution >= 4 is 22.9 Å². The van der Waals surface area contributed by atoms with Crippen molar-refractivity contribution < 1.29 is 19.1 Å². The van der Waals surface area contributed by atoms with Crippen molar-refractivity contribution in [3.63, 3.8) is 0 Å². The molecular weight excluding hydrogens is 504 g/mol. The molecule has 0 radical (unpaired) electrons. The molecule has 1 fully saturated rings. The topological polar surface area (TPSA) is 117 Å². The Morgan fingerprint density at radius 2 is 1.65 bits per heavy atom. The van der Waals surface area contributed by atoms with Gasteiger partial charge in [0.1, 0.15) is 11.6 Å². The SMILES string of the molecule is O=C(N[C@@H](CC1CCCCC1)C(=O)N[C@@H](CCc1ccccc1)C(O)c1nc2ccccc2o1)c1ccncc1. The Kier molecular flexibility index (Phi) is 9.18. The summed E-state index contributed by atoms with van der Waals surface area (Å²) < 4.78 is 5.86. The highest BCUT2D eigenvalue weighted by Gasteiger charge is 2.32. The molecule has 5 rings (SSSR count). The van der Waals surface area contributed by atoms with E-state index in [-0.39, 0.29) is 17.7 Å². The quantitative estimate of drug-likeness (QED) is 0.242. The summed E-state index contributed by atoms with van der Waals surface area (Å²) in [5.41, 5.74) is 2.76. The Morgan fingerprint density at radius 3 is 2.40 bits per heavy atom. The van der Waals surface area contributed by atoms with Gasteiger partial charge in [-0.1, -0.05) is 74.6 Å². The average Bonchev–Trinajstić information content (AvgIpc) is 3.44. The Hall–Kier alpha value is -4.04. The number of benzene rings is 2. The van der Waals surface area contributed by atoms with Crippen LogP contribution in [0.4, 0.5) is 0 Å². The van der Waals surface area contributed by atoms with E-state index in [4.69, 9.17) is 4.42 Å².